The van der Waals surface area contributed by atoms with E-state index in [1.54, 1.807) is 12.4 Å². The number of anilines is 1. The highest BCUT2D eigenvalue weighted by molar-refractivity contribution is 5.96. The molecule has 0 aliphatic heterocycles. The van der Waals surface area contributed by atoms with Crippen LogP contribution in [0.3, 0.4) is 0 Å². The molecule has 0 radical (unpaired) electrons. The van der Waals surface area contributed by atoms with Crippen LogP contribution in [0.4, 0.5) is 5.69 Å². The summed E-state index contributed by atoms with van der Waals surface area (Å²) in [6.07, 6.45) is 6.84. The molecule has 2 heterocycles. The molecule has 0 bridgehead atoms. The summed E-state index contributed by atoms with van der Waals surface area (Å²) in [7, 11) is 0. The maximum absolute atomic E-state index is 12.2. The van der Waals surface area contributed by atoms with Crippen LogP contribution < -0.4 is 5.32 Å². The molecule has 30 heavy (non-hydrogen) atoms. The minimum absolute atomic E-state index is 0.106. The van der Waals surface area contributed by atoms with E-state index in [4.69, 9.17) is 0 Å². The normalized spacial score (nSPS) is 11.8. The van der Waals surface area contributed by atoms with Crippen molar-refractivity contribution < 1.29 is 4.79 Å². The van der Waals surface area contributed by atoms with E-state index in [1.807, 2.05) is 67.7 Å². The molecule has 0 spiro atoms. The molecule has 0 aliphatic rings. The first-order valence-electron chi connectivity index (χ1n) is 10.1. The average Bonchev–Trinajstić information content (AvgIpc) is 3.29. The molecule has 2 aromatic carbocycles. The van der Waals surface area contributed by atoms with Crippen molar-refractivity contribution in [3.05, 3.63) is 102 Å². The molecule has 5 nitrogen and oxygen atoms in total. The van der Waals surface area contributed by atoms with Crippen molar-refractivity contribution in [2.75, 3.05) is 5.32 Å². The van der Waals surface area contributed by atoms with Crippen LogP contribution in [0.2, 0.25) is 0 Å². The number of nitrogens with one attached hydrogen (secondary N) is 2. The highest BCUT2D eigenvalue weighted by Crippen LogP contribution is 2.32. The van der Waals surface area contributed by atoms with E-state index >= 15 is 0 Å². The third-order valence-electron chi connectivity index (χ3n) is 5.08. The average molecular weight is 396 g/mol. The Balaban J connectivity index is 1.68. The Kier molecular flexibility index (Phi) is 5.99. The molecule has 1 unspecified atom stereocenters. The smallest absolute Gasteiger partial charge is 0.162 e. The molecule has 1 atom stereocenters. The Morgan fingerprint density at radius 2 is 1.73 bits per heavy atom. The summed E-state index contributed by atoms with van der Waals surface area (Å²) >= 11 is 0. The van der Waals surface area contributed by atoms with E-state index in [-0.39, 0.29) is 11.8 Å². The fraction of sp³-hybridized carbons (Fsp3) is 0.160. The van der Waals surface area contributed by atoms with Gasteiger partial charge in [0.1, 0.15) is 0 Å². The van der Waals surface area contributed by atoms with Crippen LogP contribution in [0, 0.1) is 0 Å². The topological polar surface area (TPSA) is 70.7 Å². The summed E-state index contributed by atoms with van der Waals surface area (Å²) in [4.78, 5) is 16.3. The van der Waals surface area contributed by atoms with Gasteiger partial charge in [-0.2, -0.15) is 5.10 Å². The van der Waals surface area contributed by atoms with Crippen molar-refractivity contribution in [1.82, 2.24) is 15.2 Å². The van der Waals surface area contributed by atoms with E-state index in [0.29, 0.717) is 6.42 Å². The molecule has 4 rings (SSSR count). The first kappa shape index (κ1) is 19.6. The second kappa shape index (κ2) is 9.18. The third kappa shape index (κ3) is 4.30. The molecule has 0 amide bonds. The van der Waals surface area contributed by atoms with E-state index in [9.17, 15) is 4.79 Å². The minimum Gasteiger partial charge on any atom is -0.374 e. The van der Waals surface area contributed by atoms with Gasteiger partial charge in [0.05, 0.1) is 17.9 Å². The molecule has 2 N–H and O–H groups in total. The van der Waals surface area contributed by atoms with Crippen LogP contribution in [0.1, 0.15) is 47.3 Å². The lowest BCUT2D eigenvalue weighted by atomic mass is 9.96. The Labute approximate surface area is 176 Å². The van der Waals surface area contributed by atoms with Crippen molar-refractivity contribution in [2.45, 2.75) is 25.8 Å². The SMILES string of the molecule is CCCC(=O)c1ccc(NC(c2ccccc2)c2cn[nH]c2-c2ccncc2)cc1. The maximum Gasteiger partial charge on any atom is 0.162 e. The highest BCUT2D eigenvalue weighted by atomic mass is 16.1. The second-order valence-electron chi connectivity index (χ2n) is 7.17. The Bertz CT molecular complexity index is 1090. The first-order valence-corrected chi connectivity index (χ1v) is 10.1. The van der Waals surface area contributed by atoms with Crippen molar-refractivity contribution in [3.63, 3.8) is 0 Å². The molecular formula is C25H24N4O. The van der Waals surface area contributed by atoms with Crippen molar-refractivity contribution in [2.24, 2.45) is 0 Å². The highest BCUT2D eigenvalue weighted by Gasteiger charge is 2.20. The zero-order valence-corrected chi connectivity index (χ0v) is 16.9. The number of hydrogen-bond acceptors (Lipinski definition) is 4. The molecular weight excluding hydrogens is 372 g/mol. The van der Waals surface area contributed by atoms with Crippen LogP contribution in [0.15, 0.2) is 85.3 Å². The van der Waals surface area contributed by atoms with E-state index < -0.39 is 0 Å². The molecule has 0 aliphatic carbocycles. The van der Waals surface area contributed by atoms with E-state index in [0.717, 1.165) is 40.1 Å². The fourth-order valence-corrected chi connectivity index (χ4v) is 3.54. The maximum atomic E-state index is 12.2. The van der Waals surface area contributed by atoms with Crippen LogP contribution in [0.5, 0.6) is 0 Å². The molecule has 5 heteroatoms. The molecule has 2 aromatic heterocycles. The second-order valence-corrected chi connectivity index (χ2v) is 7.17. The molecule has 0 fully saturated rings. The van der Waals surface area contributed by atoms with Gasteiger partial charge in [-0.3, -0.25) is 14.9 Å². The number of aromatic amines is 1. The Hall–Kier alpha value is -3.73. The largest absolute Gasteiger partial charge is 0.374 e. The third-order valence-corrected chi connectivity index (χ3v) is 5.08. The number of carbonyl (C=O) groups is 1. The number of nitrogens with zero attached hydrogens (tertiary/aromatic N) is 2. The summed E-state index contributed by atoms with van der Waals surface area (Å²) < 4.78 is 0. The lowest BCUT2D eigenvalue weighted by molar-refractivity contribution is 0.0982. The van der Waals surface area contributed by atoms with Gasteiger partial charge in [-0.15, -0.1) is 0 Å². The number of pyridine rings is 1. The van der Waals surface area contributed by atoms with Gasteiger partial charge in [0.2, 0.25) is 0 Å². The van der Waals surface area contributed by atoms with Gasteiger partial charge in [0, 0.05) is 41.2 Å². The van der Waals surface area contributed by atoms with Crippen LogP contribution >= 0.6 is 0 Å². The van der Waals surface area contributed by atoms with Gasteiger partial charge < -0.3 is 5.32 Å². The van der Waals surface area contributed by atoms with Crippen LogP contribution in [0.25, 0.3) is 11.3 Å². The summed E-state index contributed by atoms with van der Waals surface area (Å²) in [6.45, 7) is 2.02. The van der Waals surface area contributed by atoms with Gasteiger partial charge in [-0.25, -0.2) is 0 Å². The zero-order valence-electron chi connectivity index (χ0n) is 16.9. The molecule has 4 aromatic rings. The predicted octanol–water partition coefficient (Wildman–Crippen LogP) is 5.66. The van der Waals surface area contributed by atoms with Crippen LogP contribution in [-0.4, -0.2) is 21.0 Å². The molecule has 150 valence electrons. The van der Waals surface area contributed by atoms with Gasteiger partial charge in [-0.1, -0.05) is 37.3 Å². The Morgan fingerprint density at radius 1 is 1.00 bits per heavy atom. The van der Waals surface area contributed by atoms with E-state index in [2.05, 4.69) is 32.6 Å². The number of aromatic nitrogens is 3. The monoisotopic (exact) mass is 396 g/mol. The van der Waals surface area contributed by atoms with Crippen molar-refractivity contribution >= 4 is 11.5 Å². The number of rotatable bonds is 8. The number of carbonyl (C=O) groups excluding carboxylic acids is 1. The number of hydrogen-bond donors (Lipinski definition) is 2. The van der Waals surface area contributed by atoms with Gasteiger partial charge in [0.25, 0.3) is 0 Å². The lowest BCUT2D eigenvalue weighted by Gasteiger charge is -2.21. The standard InChI is InChI=1S/C25H24N4O/c1-2-6-23(30)18-9-11-21(12-10-18)28-24(19-7-4-3-5-8-19)22-17-27-29-25(22)20-13-15-26-16-14-20/h3-5,7-17,24,28H,2,6H2,1H3,(H,27,29). The summed E-state index contributed by atoms with van der Waals surface area (Å²) in [5, 5.41) is 11.1. The molecule has 0 saturated heterocycles. The Morgan fingerprint density at radius 3 is 2.43 bits per heavy atom. The van der Waals surface area contributed by atoms with Gasteiger partial charge in [0.15, 0.2) is 5.78 Å². The predicted molar refractivity (Wildman–Crippen MR) is 119 cm³/mol. The number of H-pyrrole nitrogens is 1. The van der Waals surface area contributed by atoms with Crippen molar-refractivity contribution in [1.29, 1.82) is 0 Å². The van der Waals surface area contributed by atoms with Crippen LogP contribution in [-0.2, 0) is 0 Å². The fourth-order valence-electron chi connectivity index (χ4n) is 3.54. The minimum atomic E-state index is -0.106. The number of ketones is 1. The van der Waals surface area contributed by atoms with Gasteiger partial charge in [-0.05, 0) is 48.4 Å². The van der Waals surface area contributed by atoms with Gasteiger partial charge >= 0.3 is 0 Å². The van der Waals surface area contributed by atoms with Crippen molar-refractivity contribution in [3.8, 4) is 11.3 Å². The van der Waals surface area contributed by atoms with E-state index in [1.165, 1.54) is 0 Å². The summed E-state index contributed by atoms with van der Waals surface area (Å²) in [5.41, 5.74) is 5.84. The summed E-state index contributed by atoms with van der Waals surface area (Å²) in [6, 6.07) is 21.8. The first-order chi connectivity index (χ1) is 14.8. The molecule has 0 saturated carbocycles. The zero-order chi connectivity index (χ0) is 20.8. The lowest BCUT2D eigenvalue weighted by Crippen LogP contribution is -2.13. The number of benzene rings is 2. The number of Topliss-reactive ketones (excluding diaryl/α,β-unsaturated/α-hetero) is 1. The quantitative estimate of drug-likeness (QED) is 0.377. The summed E-state index contributed by atoms with van der Waals surface area (Å²) in [5.74, 6) is 0.179.